The van der Waals surface area contributed by atoms with Gasteiger partial charge in [-0.25, -0.2) is 9.97 Å². The van der Waals surface area contributed by atoms with Gasteiger partial charge >= 0.3 is 0 Å². The molecule has 2 aromatic rings. The highest BCUT2D eigenvalue weighted by Crippen LogP contribution is 2.40. The van der Waals surface area contributed by atoms with Crippen molar-refractivity contribution in [3.8, 4) is 11.8 Å². The first kappa shape index (κ1) is 25.5. The highest BCUT2D eigenvalue weighted by atomic mass is 32.2. The Bertz CT molecular complexity index is 973. The standard InChI is InChI=1S/C22H32N8O3S/c1-5-7-8-9-29-10-12-30(13-11-29)21-27-19(32-3)18(20(28-21)33-4)34-22-24-15(23)14-16(26-22)25-17(31)6-2/h6,14H,2,5,7-13H2,1,3-4H3,(H3,23,24,25,26,31). The maximum absolute atomic E-state index is 11.6. The van der Waals surface area contributed by atoms with Gasteiger partial charge in [0.1, 0.15) is 16.5 Å². The predicted molar refractivity (Wildman–Crippen MR) is 133 cm³/mol. The SMILES string of the molecule is C=CC(=O)Nc1cc(N)nc(Sc2c(OC)nc(N3CCN(CCCCC)CC3)nc2OC)n1. The van der Waals surface area contributed by atoms with Gasteiger partial charge in [-0.2, -0.15) is 9.97 Å². The van der Waals surface area contributed by atoms with E-state index in [0.29, 0.717) is 22.6 Å². The van der Waals surface area contributed by atoms with Gasteiger partial charge in [0.05, 0.1) is 14.2 Å². The normalized spacial score (nSPS) is 14.0. The van der Waals surface area contributed by atoms with Crippen LogP contribution in [0.3, 0.4) is 0 Å². The number of hydrogen-bond acceptors (Lipinski definition) is 11. The number of amides is 1. The van der Waals surface area contributed by atoms with Crippen LogP contribution < -0.4 is 25.4 Å². The summed E-state index contributed by atoms with van der Waals surface area (Å²) < 4.78 is 11.1. The molecule has 2 aromatic heterocycles. The molecule has 3 rings (SSSR count). The third-order valence-electron chi connectivity index (χ3n) is 5.27. The van der Waals surface area contributed by atoms with Crippen molar-refractivity contribution in [1.29, 1.82) is 0 Å². The Balaban J connectivity index is 1.79. The molecular weight excluding hydrogens is 456 g/mol. The first-order chi connectivity index (χ1) is 16.5. The van der Waals surface area contributed by atoms with Gasteiger partial charge < -0.3 is 25.4 Å². The highest BCUT2D eigenvalue weighted by Gasteiger charge is 2.24. The molecule has 11 nitrogen and oxygen atoms in total. The summed E-state index contributed by atoms with van der Waals surface area (Å²) in [5.41, 5.74) is 5.90. The van der Waals surface area contributed by atoms with Crippen LogP contribution >= 0.6 is 11.8 Å². The average molecular weight is 489 g/mol. The van der Waals surface area contributed by atoms with E-state index in [2.05, 4.69) is 48.6 Å². The minimum Gasteiger partial charge on any atom is -0.480 e. The molecule has 34 heavy (non-hydrogen) atoms. The quantitative estimate of drug-likeness (QED) is 0.275. The summed E-state index contributed by atoms with van der Waals surface area (Å²) in [6.45, 7) is 10.4. The van der Waals surface area contributed by atoms with E-state index in [0.717, 1.165) is 50.6 Å². The second-order valence-corrected chi connectivity index (χ2v) is 8.64. The lowest BCUT2D eigenvalue weighted by molar-refractivity contribution is -0.111. The largest absolute Gasteiger partial charge is 0.480 e. The Labute approximate surface area is 204 Å². The van der Waals surface area contributed by atoms with Gasteiger partial charge in [0, 0.05) is 32.2 Å². The molecule has 1 aliphatic rings. The van der Waals surface area contributed by atoms with Crippen LogP contribution in [0.15, 0.2) is 28.8 Å². The number of aromatic nitrogens is 4. The maximum Gasteiger partial charge on any atom is 0.248 e. The van der Waals surface area contributed by atoms with Gasteiger partial charge in [-0.1, -0.05) is 26.3 Å². The number of hydrogen-bond donors (Lipinski definition) is 2. The van der Waals surface area contributed by atoms with Crippen LogP contribution in [-0.2, 0) is 4.79 Å². The fourth-order valence-electron chi connectivity index (χ4n) is 3.48. The molecule has 3 N–H and O–H groups in total. The van der Waals surface area contributed by atoms with Crippen molar-refractivity contribution in [2.45, 2.75) is 36.2 Å². The van der Waals surface area contributed by atoms with Crippen molar-refractivity contribution in [2.75, 3.05) is 62.9 Å². The minimum absolute atomic E-state index is 0.198. The lowest BCUT2D eigenvalue weighted by Gasteiger charge is -2.35. The Hall–Kier alpha value is -3.12. The number of carbonyl (C=O) groups excluding carboxylic acids is 1. The van der Waals surface area contributed by atoms with E-state index in [1.165, 1.54) is 39.5 Å². The van der Waals surface area contributed by atoms with E-state index in [4.69, 9.17) is 15.2 Å². The van der Waals surface area contributed by atoms with Crippen molar-refractivity contribution in [2.24, 2.45) is 0 Å². The molecule has 0 bridgehead atoms. The smallest absolute Gasteiger partial charge is 0.248 e. The number of unbranched alkanes of at least 4 members (excludes halogenated alkanes) is 2. The number of nitrogens with two attached hydrogens (primary N) is 1. The van der Waals surface area contributed by atoms with E-state index < -0.39 is 5.91 Å². The molecule has 1 amide bonds. The molecule has 12 heteroatoms. The number of anilines is 3. The molecule has 0 saturated carbocycles. The van der Waals surface area contributed by atoms with Crippen LogP contribution in [0.2, 0.25) is 0 Å². The topological polar surface area (TPSA) is 132 Å². The van der Waals surface area contributed by atoms with Gasteiger partial charge in [-0.05, 0) is 30.8 Å². The summed E-state index contributed by atoms with van der Waals surface area (Å²) in [4.78, 5) is 34.6. The van der Waals surface area contributed by atoms with Gasteiger partial charge in [0.15, 0.2) is 5.16 Å². The Kier molecular flexibility index (Phi) is 9.28. The van der Waals surface area contributed by atoms with Gasteiger partial charge in [-0.3, -0.25) is 9.69 Å². The summed E-state index contributed by atoms with van der Waals surface area (Å²) in [5, 5.41) is 2.87. The lowest BCUT2D eigenvalue weighted by Crippen LogP contribution is -2.47. The number of nitrogen functional groups attached to an aromatic ring is 1. The number of ether oxygens (including phenoxy) is 2. The lowest BCUT2D eigenvalue weighted by atomic mass is 10.2. The molecule has 0 aliphatic carbocycles. The molecule has 1 saturated heterocycles. The molecule has 3 heterocycles. The maximum atomic E-state index is 11.6. The summed E-state index contributed by atoms with van der Waals surface area (Å²) in [5.74, 6) is 1.30. The summed E-state index contributed by atoms with van der Waals surface area (Å²) >= 11 is 1.14. The first-order valence-corrected chi connectivity index (χ1v) is 12.0. The monoisotopic (exact) mass is 488 g/mol. The van der Waals surface area contributed by atoms with Crippen molar-refractivity contribution in [1.82, 2.24) is 24.8 Å². The van der Waals surface area contributed by atoms with Crippen LogP contribution in [0.25, 0.3) is 0 Å². The Morgan fingerprint density at radius 2 is 1.82 bits per heavy atom. The van der Waals surface area contributed by atoms with Crippen molar-refractivity contribution >= 4 is 35.3 Å². The number of nitrogens with zero attached hydrogens (tertiary/aromatic N) is 6. The number of methoxy groups -OCH3 is 2. The molecule has 0 atom stereocenters. The van der Waals surface area contributed by atoms with E-state index in [1.54, 1.807) is 0 Å². The summed E-state index contributed by atoms with van der Waals surface area (Å²) in [6, 6.07) is 1.46. The fourth-order valence-corrected chi connectivity index (χ4v) is 4.39. The number of rotatable bonds is 11. The van der Waals surface area contributed by atoms with Gasteiger partial charge in [0.25, 0.3) is 0 Å². The van der Waals surface area contributed by atoms with Crippen molar-refractivity contribution in [3.05, 3.63) is 18.7 Å². The summed E-state index contributed by atoms with van der Waals surface area (Å²) in [7, 11) is 3.08. The first-order valence-electron chi connectivity index (χ1n) is 11.2. The van der Waals surface area contributed by atoms with Crippen LogP contribution in [-0.4, -0.2) is 77.7 Å². The predicted octanol–water partition coefficient (Wildman–Crippen LogP) is 2.45. The average Bonchev–Trinajstić information content (AvgIpc) is 2.84. The highest BCUT2D eigenvalue weighted by molar-refractivity contribution is 7.99. The van der Waals surface area contributed by atoms with Crippen molar-refractivity contribution in [3.63, 3.8) is 0 Å². The fraction of sp³-hybridized carbons (Fsp3) is 0.500. The van der Waals surface area contributed by atoms with Crippen LogP contribution in [0.1, 0.15) is 26.2 Å². The zero-order valence-corrected chi connectivity index (χ0v) is 20.7. The zero-order valence-electron chi connectivity index (χ0n) is 19.9. The minimum atomic E-state index is -0.401. The van der Waals surface area contributed by atoms with Gasteiger partial charge in [-0.15, -0.1) is 0 Å². The summed E-state index contributed by atoms with van der Waals surface area (Å²) in [6.07, 6.45) is 4.86. The molecule has 184 valence electrons. The third-order valence-corrected chi connectivity index (χ3v) is 6.19. The molecule has 0 aromatic carbocycles. The van der Waals surface area contributed by atoms with Crippen molar-refractivity contribution < 1.29 is 14.3 Å². The van der Waals surface area contributed by atoms with E-state index in [9.17, 15) is 4.79 Å². The van der Waals surface area contributed by atoms with E-state index >= 15 is 0 Å². The molecular formula is C22H32N8O3S. The number of piperazine rings is 1. The second-order valence-electron chi connectivity index (χ2n) is 7.66. The van der Waals surface area contributed by atoms with Crippen LogP contribution in [0, 0.1) is 0 Å². The zero-order chi connectivity index (χ0) is 24.5. The molecule has 1 aliphatic heterocycles. The second kappa shape index (κ2) is 12.4. The number of carbonyl (C=O) groups is 1. The third kappa shape index (κ3) is 6.70. The Morgan fingerprint density at radius 1 is 1.15 bits per heavy atom. The van der Waals surface area contributed by atoms with Crippen LogP contribution in [0.4, 0.5) is 17.6 Å². The Morgan fingerprint density at radius 3 is 2.41 bits per heavy atom. The van der Waals surface area contributed by atoms with Gasteiger partial charge in [0.2, 0.25) is 23.6 Å². The molecule has 0 unspecified atom stereocenters. The molecule has 0 spiro atoms. The molecule has 0 radical (unpaired) electrons. The number of nitrogens with one attached hydrogen (secondary N) is 1. The van der Waals surface area contributed by atoms with E-state index in [1.807, 2.05) is 0 Å². The van der Waals surface area contributed by atoms with E-state index in [-0.39, 0.29) is 16.8 Å². The van der Waals surface area contributed by atoms with Crippen LogP contribution in [0.5, 0.6) is 11.8 Å². The molecule has 1 fully saturated rings.